The minimum atomic E-state index is -1.18. The lowest BCUT2D eigenvalue weighted by Crippen LogP contribution is -2.34. The number of ether oxygens (including phenoxy) is 2. The number of methoxy groups -OCH3 is 1. The van der Waals surface area contributed by atoms with Gasteiger partial charge >= 0.3 is 5.97 Å². The predicted octanol–water partition coefficient (Wildman–Crippen LogP) is 1.97. The Morgan fingerprint density at radius 2 is 1.82 bits per heavy atom. The lowest BCUT2D eigenvalue weighted by molar-refractivity contribution is -0.529. The number of carbonyl (C=O) groups is 2. The SMILES string of the molecule is COc1ccc([C@H](CC(C)=O)[C@@H](COC(C)=O)[N+](=O)[O-])cc1. The molecule has 1 aromatic carbocycles. The fourth-order valence-corrected chi connectivity index (χ4v) is 2.16. The number of hydrogen-bond donors (Lipinski definition) is 0. The first-order valence-electron chi connectivity index (χ1n) is 6.75. The first-order chi connectivity index (χ1) is 10.3. The van der Waals surface area contributed by atoms with Gasteiger partial charge in [-0.1, -0.05) is 12.1 Å². The zero-order chi connectivity index (χ0) is 16.7. The van der Waals surface area contributed by atoms with E-state index in [0.717, 1.165) is 0 Å². The highest BCUT2D eigenvalue weighted by Crippen LogP contribution is 2.28. The Hall–Kier alpha value is -2.44. The topological polar surface area (TPSA) is 95.7 Å². The first-order valence-corrected chi connectivity index (χ1v) is 6.75. The van der Waals surface area contributed by atoms with Crippen molar-refractivity contribution < 1.29 is 24.0 Å². The van der Waals surface area contributed by atoms with Crippen LogP contribution in [0.25, 0.3) is 0 Å². The van der Waals surface area contributed by atoms with Crippen molar-refractivity contribution in [2.75, 3.05) is 13.7 Å². The molecule has 0 radical (unpaired) electrons. The van der Waals surface area contributed by atoms with Gasteiger partial charge in [0.25, 0.3) is 6.04 Å². The van der Waals surface area contributed by atoms with Crippen LogP contribution in [0.5, 0.6) is 5.75 Å². The lowest BCUT2D eigenvalue weighted by atomic mass is 9.87. The van der Waals surface area contributed by atoms with E-state index in [9.17, 15) is 19.7 Å². The number of Topliss-reactive ketones (excluding diaryl/α,β-unsaturated/α-hetero) is 1. The number of carbonyl (C=O) groups excluding carboxylic acids is 2. The Bertz CT molecular complexity index is 539. The third-order valence-corrected chi connectivity index (χ3v) is 3.24. The van der Waals surface area contributed by atoms with E-state index in [1.54, 1.807) is 24.3 Å². The van der Waals surface area contributed by atoms with Crippen LogP contribution in [-0.2, 0) is 14.3 Å². The molecule has 0 heterocycles. The van der Waals surface area contributed by atoms with E-state index in [0.29, 0.717) is 11.3 Å². The summed E-state index contributed by atoms with van der Waals surface area (Å²) >= 11 is 0. The van der Waals surface area contributed by atoms with Crippen LogP contribution in [0.15, 0.2) is 24.3 Å². The maximum atomic E-state index is 11.5. The van der Waals surface area contributed by atoms with E-state index in [-0.39, 0.29) is 18.8 Å². The highest BCUT2D eigenvalue weighted by Gasteiger charge is 2.34. The molecule has 1 rings (SSSR count). The lowest BCUT2D eigenvalue weighted by Gasteiger charge is -2.20. The molecule has 22 heavy (non-hydrogen) atoms. The van der Waals surface area contributed by atoms with Crippen LogP contribution in [0.4, 0.5) is 0 Å². The smallest absolute Gasteiger partial charge is 0.302 e. The molecule has 0 N–H and O–H groups in total. The standard InChI is InChI=1S/C15H19NO6/c1-10(17)8-14(12-4-6-13(21-3)7-5-12)15(16(19)20)9-22-11(2)18/h4-7,14-15H,8-9H2,1-3H3/t14-,15+/m0/s1. The van der Waals surface area contributed by atoms with Gasteiger partial charge in [-0.2, -0.15) is 0 Å². The summed E-state index contributed by atoms with van der Waals surface area (Å²) in [6.07, 6.45) is -0.000754. The van der Waals surface area contributed by atoms with E-state index < -0.39 is 22.9 Å². The molecule has 0 aliphatic heterocycles. The van der Waals surface area contributed by atoms with Gasteiger partial charge in [-0.05, 0) is 24.6 Å². The van der Waals surface area contributed by atoms with Gasteiger partial charge in [-0.3, -0.25) is 14.9 Å². The van der Waals surface area contributed by atoms with Crippen LogP contribution in [0.1, 0.15) is 31.7 Å². The molecule has 0 unspecified atom stereocenters. The second kappa shape index (κ2) is 8.11. The van der Waals surface area contributed by atoms with E-state index in [1.165, 1.54) is 21.0 Å². The minimum Gasteiger partial charge on any atom is -0.497 e. The summed E-state index contributed by atoms with van der Waals surface area (Å²) in [7, 11) is 1.52. The Labute approximate surface area is 128 Å². The van der Waals surface area contributed by atoms with Crippen molar-refractivity contribution in [3.63, 3.8) is 0 Å². The number of ketones is 1. The molecule has 120 valence electrons. The third kappa shape index (κ3) is 5.16. The number of nitrogens with zero attached hydrogens (tertiary/aromatic N) is 1. The van der Waals surface area contributed by atoms with Gasteiger partial charge in [-0.25, -0.2) is 0 Å². The normalized spacial score (nSPS) is 13.0. The molecule has 7 heteroatoms. The summed E-state index contributed by atoms with van der Waals surface area (Å²) in [5.74, 6) is -0.820. The average Bonchev–Trinajstić information content (AvgIpc) is 2.45. The van der Waals surface area contributed by atoms with Crippen LogP contribution >= 0.6 is 0 Å². The predicted molar refractivity (Wildman–Crippen MR) is 78.4 cm³/mol. The first kappa shape index (κ1) is 17.6. The van der Waals surface area contributed by atoms with Crippen LogP contribution in [-0.4, -0.2) is 36.4 Å². The molecule has 0 saturated carbocycles. The van der Waals surface area contributed by atoms with Gasteiger partial charge in [0, 0.05) is 18.3 Å². The summed E-state index contributed by atoms with van der Waals surface area (Å²) in [4.78, 5) is 33.2. The molecule has 0 amide bonds. The van der Waals surface area contributed by atoms with Gasteiger partial charge in [-0.15, -0.1) is 0 Å². The summed E-state index contributed by atoms with van der Waals surface area (Å²) in [5, 5.41) is 11.3. The molecule has 0 aromatic heterocycles. The average molecular weight is 309 g/mol. The quantitative estimate of drug-likeness (QED) is 0.414. The Morgan fingerprint density at radius 1 is 1.23 bits per heavy atom. The van der Waals surface area contributed by atoms with Crippen molar-refractivity contribution in [1.29, 1.82) is 0 Å². The molecule has 0 saturated heterocycles. The maximum absolute atomic E-state index is 11.5. The molecule has 0 aliphatic rings. The van der Waals surface area contributed by atoms with E-state index >= 15 is 0 Å². The molecule has 7 nitrogen and oxygen atoms in total. The third-order valence-electron chi connectivity index (χ3n) is 3.24. The van der Waals surface area contributed by atoms with Crippen LogP contribution in [0.2, 0.25) is 0 Å². The Balaban J connectivity index is 3.08. The number of nitro groups is 1. The number of benzene rings is 1. The summed E-state index contributed by atoms with van der Waals surface area (Å²) in [6.45, 7) is 2.19. The van der Waals surface area contributed by atoms with Gasteiger partial charge in [0.05, 0.1) is 13.0 Å². The van der Waals surface area contributed by atoms with Gasteiger partial charge < -0.3 is 14.3 Å². The molecule has 0 bridgehead atoms. The molecular weight excluding hydrogens is 290 g/mol. The molecular formula is C15H19NO6. The summed E-state index contributed by atoms with van der Waals surface area (Å²) < 4.78 is 9.82. The van der Waals surface area contributed by atoms with Crippen molar-refractivity contribution in [3.8, 4) is 5.75 Å². The fourth-order valence-electron chi connectivity index (χ4n) is 2.16. The van der Waals surface area contributed by atoms with E-state index in [4.69, 9.17) is 9.47 Å². The van der Waals surface area contributed by atoms with Crippen molar-refractivity contribution in [1.82, 2.24) is 0 Å². The van der Waals surface area contributed by atoms with E-state index in [2.05, 4.69) is 0 Å². The van der Waals surface area contributed by atoms with Gasteiger partial charge in [0.15, 0.2) is 6.61 Å². The maximum Gasteiger partial charge on any atom is 0.302 e. The number of rotatable bonds is 8. The number of esters is 1. The van der Waals surface area contributed by atoms with Crippen molar-refractivity contribution >= 4 is 11.8 Å². The summed E-state index contributed by atoms with van der Waals surface area (Å²) in [6, 6.07) is 5.52. The number of hydrogen-bond acceptors (Lipinski definition) is 6. The molecule has 0 aliphatic carbocycles. The fraction of sp³-hybridized carbons (Fsp3) is 0.467. The second-order valence-electron chi connectivity index (χ2n) is 4.94. The van der Waals surface area contributed by atoms with Crippen LogP contribution in [0.3, 0.4) is 0 Å². The zero-order valence-electron chi connectivity index (χ0n) is 12.8. The molecule has 1 aromatic rings. The Morgan fingerprint density at radius 3 is 2.23 bits per heavy atom. The second-order valence-corrected chi connectivity index (χ2v) is 4.94. The highest BCUT2D eigenvalue weighted by molar-refractivity contribution is 5.76. The van der Waals surface area contributed by atoms with Gasteiger partial charge in [0.2, 0.25) is 0 Å². The largest absolute Gasteiger partial charge is 0.497 e. The van der Waals surface area contributed by atoms with Crippen molar-refractivity contribution in [3.05, 3.63) is 39.9 Å². The summed E-state index contributed by atoms with van der Waals surface area (Å²) in [5.41, 5.74) is 0.629. The van der Waals surface area contributed by atoms with Crippen molar-refractivity contribution in [2.45, 2.75) is 32.2 Å². The van der Waals surface area contributed by atoms with Crippen molar-refractivity contribution in [2.24, 2.45) is 0 Å². The monoisotopic (exact) mass is 309 g/mol. The highest BCUT2D eigenvalue weighted by atomic mass is 16.6. The molecule has 2 atom stereocenters. The zero-order valence-corrected chi connectivity index (χ0v) is 12.8. The van der Waals surface area contributed by atoms with Crippen LogP contribution < -0.4 is 4.74 Å². The van der Waals surface area contributed by atoms with Crippen LogP contribution in [0, 0.1) is 10.1 Å². The minimum absolute atomic E-state index is 0.000754. The molecule has 0 spiro atoms. The molecule has 0 fully saturated rings. The van der Waals surface area contributed by atoms with Gasteiger partial charge in [0.1, 0.15) is 11.5 Å². The Kier molecular flexibility index (Phi) is 6.49. The van der Waals surface area contributed by atoms with E-state index in [1.807, 2.05) is 0 Å².